The zero-order valence-corrected chi connectivity index (χ0v) is 14.1. The predicted octanol–water partition coefficient (Wildman–Crippen LogP) is 4.08. The van der Waals surface area contributed by atoms with Gasteiger partial charge in [-0.25, -0.2) is 4.79 Å². The molecule has 0 bridgehead atoms. The summed E-state index contributed by atoms with van der Waals surface area (Å²) in [6.45, 7) is -3.23. The Morgan fingerprint density at radius 1 is 1.07 bits per heavy atom. The van der Waals surface area contributed by atoms with Gasteiger partial charge in [0.05, 0.1) is 6.54 Å². The third-order valence-corrected chi connectivity index (χ3v) is 4.08. The molecule has 1 N–H and O–H groups in total. The van der Waals surface area contributed by atoms with Crippen molar-refractivity contribution in [2.75, 3.05) is 19.8 Å². The van der Waals surface area contributed by atoms with Crippen LogP contribution in [0.1, 0.15) is 0 Å². The van der Waals surface area contributed by atoms with Gasteiger partial charge >= 0.3 is 30.0 Å². The summed E-state index contributed by atoms with van der Waals surface area (Å²) in [5, 5.41) is 4.18. The maximum absolute atomic E-state index is 13.3. The summed E-state index contributed by atoms with van der Waals surface area (Å²) in [6.07, 6.45) is -9.57. The normalized spacial score (nSPS) is 18.0. The lowest BCUT2D eigenvalue weighted by Crippen LogP contribution is -2.63. The van der Waals surface area contributed by atoms with Crippen LogP contribution in [-0.2, 0) is 4.74 Å². The fourth-order valence-electron chi connectivity index (χ4n) is 1.86. The number of hydrogen-bond acceptors (Lipinski definition) is 5. The first kappa shape index (κ1) is 22.2. The first-order chi connectivity index (χ1) is 12.7. The van der Waals surface area contributed by atoms with Crippen LogP contribution in [0.25, 0.3) is 0 Å². The number of fused-ring (bicyclic) bond motifs is 1. The highest BCUT2D eigenvalue weighted by atomic mass is 32.1. The smallest absolute Gasteiger partial charge is 0.460 e. The quantitative estimate of drug-likeness (QED) is 0.668. The van der Waals surface area contributed by atoms with E-state index in [4.69, 9.17) is 9.47 Å². The van der Waals surface area contributed by atoms with Crippen LogP contribution in [0.5, 0.6) is 11.5 Å². The first-order valence-electron chi connectivity index (χ1n) is 7.15. The highest BCUT2D eigenvalue weighted by Gasteiger charge is 2.81. The average molecular weight is 447 g/mol. The van der Waals surface area contributed by atoms with Gasteiger partial charge in [-0.05, 0) is 0 Å². The summed E-state index contributed by atoms with van der Waals surface area (Å²) >= 11 is 1.23. The Morgan fingerprint density at radius 2 is 1.68 bits per heavy atom. The van der Waals surface area contributed by atoms with Crippen molar-refractivity contribution in [2.24, 2.45) is 0 Å². The lowest BCUT2D eigenvalue weighted by atomic mass is 10.0. The summed E-state index contributed by atoms with van der Waals surface area (Å²) < 4.78 is 129. The molecule has 160 valence electrons. The van der Waals surface area contributed by atoms with Gasteiger partial charge in [0.2, 0.25) is 0 Å². The maximum Gasteiger partial charge on any atom is 0.460 e. The van der Waals surface area contributed by atoms with Gasteiger partial charge in [-0.3, -0.25) is 0 Å². The van der Waals surface area contributed by atoms with Crippen molar-refractivity contribution >= 4 is 17.4 Å². The summed E-state index contributed by atoms with van der Waals surface area (Å²) in [4.78, 5) is 11.3. The lowest BCUT2D eigenvalue weighted by Gasteiger charge is -2.33. The van der Waals surface area contributed by atoms with Gasteiger partial charge in [-0.15, -0.1) is 11.3 Å². The zero-order valence-electron chi connectivity index (χ0n) is 13.3. The van der Waals surface area contributed by atoms with E-state index in [2.05, 4.69) is 4.74 Å². The van der Waals surface area contributed by atoms with E-state index in [1.807, 2.05) is 0 Å². The van der Waals surface area contributed by atoms with Gasteiger partial charge in [0.1, 0.15) is 13.2 Å². The number of alkyl halides is 9. The molecule has 1 unspecified atom stereocenters. The Hall–Kier alpha value is -2.06. The molecule has 1 aliphatic rings. The Kier molecular flexibility index (Phi) is 5.88. The SMILES string of the molecule is O=C(NCC(F)(F)C(F)(F)C(F)(F)C(F)(F)F)OCC1COc2cscc2O1. The number of rotatable bonds is 6. The van der Waals surface area contributed by atoms with Crippen molar-refractivity contribution in [2.45, 2.75) is 30.0 Å². The minimum absolute atomic E-state index is 0.108. The highest BCUT2D eigenvalue weighted by Crippen LogP contribution is 2.52. The second-order valence-electron chi connectivity index (χ2n) is 5.45. The zero-order chi connectivity index (χ0) is 21.4. The van der Waals surface area contributed by atoms with Crippen LogP contribution in [0, 0.1) is 0 Å². The molecule has 0 saturated heterocycles. The van der Waals surface area contributed by atoms with Crippen molar-refractivity contribution in [3.8, 4) is 11.5 Å². The molecule has 0 saturated carbocycles. The first-order valence-corrected chi connectivity index (χ1v) is 8.10. The van der Waals surface area contributed by atoms with Crippen molar-refractivity contribution in [1.82, 2.24) is 5.32 Å². The van der Waals surface area contributed by atoms with Gasteiger partial charge in [-0.1, -0.05) is 0 Å². The number of carbonyl (C=O) groups excluding carboxylic acids is 1. The maximum atomic E-state index is 13.3. The third-order valence-electron chi connectivity index (χ3n) is 3.38. The number of carbonyl (C=O) groups is 1. The molecule has 0 spiro atoms. The average Bonchev–Trinajstić information content (AvgIpc) is 3.04. The van der Waals surface area contributed by atoms with Crippen LogP contribution in [0.3, 0.4) is 0 Å². The van der Waals surface area contributed by atoms with Gasteiger partial charge in [0.15, 0.2) is 17.6 Å². The van der Waals surface area contributed by atoms with E-state index in [9.17, 15) is 44.3 Å². The largest absolute Gasteiger partial charge is 0.485 e. The van der Waals surface area contributed by atoms with E-state index in [0.717, 1.165) is 5.32 Å². The number of nitrogens with one attached hydrogen (secondary N) is 1. The van der Waals surface area contributed by atoms with Crippen LogP contribution in [0.2, 0.25) is 0 Å². The number of ether oxygens (including phenoxy) is 3. The van der Waals surface area contributed by atoms with Crippen LogP contribution >= 0.6 is 11.3 Å². The molecule has 5 nitrogen and oxygen atoms in total. The topological polar surface area (TPSA) is 56.8 Å². The van der Waals surface area contributed by atoms with Crippen molar-refractivity contribution in [3.63, 3.8) is 0 Å². The molecule has 1 atom stereocenters. The molecule has 2 rings (SSSR count). The van der Waals surface area contributed by atoms with E-state index in [0.29, 0.717) is 11.5 Å². The number of alkyl carbamates (subject to hydrolysis) is 1. The standard InChI is InChI=1S/C13H10F9NO4S/c14-10(15,11(16,17)12(18,19)13(20,21)22)5-23-9(24)26-2-6-1-25-7-3-28-4-8(7)27-6/h3-4,6H,1-2,5H2,(H,23,24). The molecule has 1 aliphatic heterocycles. The van der Waals surface area contributed by atoms with Crippen molar-refractivity contribution < 1.29 is 58.5 Å². The molecule has 1 aromatic heterocycles. The second kappa shape index (κ2) is 7.40. The minimum atomic E-state index is -7.03. The second-order valence-corrected chi connectivity index (χ2v) is 6.20. The Labute approximate surface area is 154 Å². The highest BCUT2D eigenvalue weighted by molar-refractivity contribution is 7.08. The van der Waals surface area contributed by atoms with Gasteiger partial charge in [0.25, 0.3) is 0 Å². The Balaban J connectivity index is 1.87. The summed E-state index contributed by atoms with van der Waals surface area (Å²) in [7, 11) is 0. The van der Waals surface area contributed by atoms with E-state index < -0.39 is 49.3 Å². The minimum Gasteiger partial charge on any atom is -0.485 e. The van der Waals surface area contributed by atoms with Gasteiger partial charge in [0, 0.05) is 10.8 Å². The molecular weight excluding hydrogens is 437 g/mol. The molecule has 2 heterocycles. The number of amides is 1. The molecule has 15 heteroatoms. The fourth-order valence-corrected chi connectivity index (χ4v) is 2.54. The summed E-state index contributed by atoms with van der Waals surface area (Å²) in [5.74, 6) is -19.0. The monoisotopic (exact) mass is 447 g/mol. The van der Waals surface area contributed by atoms with E-state index in [1.54, 1.807) is 10.8 Å². The molecule has 0 fully saturated rings. The summed E-state index contributed by atoms with van der Waals surface area (Å²) in [6, 6.07) is 0. The van der Waals surface area contributed by atoms with E-state index in [1.165, 1.54) is 11.3 Å². The Bertz CT molecular complexity index is 706. The third kappa shape index (κ3) is 4.17. The summed E-state index contributed by atoms with van der Waals surface area (Å²) in [5.41, 5.74) is 0. The van der Waals surface area contributed by atoms with E-state index >= 15 is 0 Å². The van der Waals surface area contributed by atoms with Crippen molar-refractivity contribution in [1.29, 1.82) is 0 Å². The number of thiophene rings is 1. The van der Waals surface area contributed by atoms with Crippen LogP contribution < -0.4 is 14.8 Å². The van der Waals surface area contributed by atoms with Crippen molar-refractivity contribution in [3.05, 3.63) is 10.8 Å². The van der Waals surface area contributed by atoms with E-state index in [-0.39, 0.29) is 6.61 Å². The molecule has 28 heavy (non-hydrogen) atoms. The fraction of sp³-hybridized carbons (Fsp3) is 0.615. The van der Waals surface area contributed by atoms with Crippen LogP contribution in [0.15, 0.2) is 10.8 Å². The number of halogens is 9. The predicted molar refractivity (Wildman–Crippen MR) is 74.5 cm³/mol. The molecular formula is C13H10F9NO4S. The Morgan fingerprint density at radius 3 is 2.29 bits per heavy atom. The van der Waals surface area contributed by atoms with Gasteiger partial charge < -0.3 is 19.5 Å². The van der Waals surface area contributed by atoms with Crippen LogP contribution in [0.4, 0.5) is 44.3 Å². The molecule has 1 amide bonds. The van der Waals surface area contributed by atoms with Gasteiger partial charge in [-0.2, -0.15) is 39.5 Å². The molecule has 0 radical (unpaired) electrons. The molecule has 0 aliphatic carbocycles. The van der Waals surface area contributed by atoms with Crippen LogP contribution in [-0.4, -0.2) is 55.9 Å². The molecule has 1 aromatic rings. The lowest BCUT2D eigenvalue weighted by molar-refractivity contribution is -0.394. The molecule has 0 aromatic carbocycles. The number of hydrogen-bond donors (Lipinski definition) is 1.